The molecule has 1 aromatic carbocycles. The van der Waals surface area contributed by atoms with Crippen molar-refractivity contribution >= 4 is 27.8 Å². The van der Waals surface area contributed by atoms with Gasteiger partial charge < -0.3 is 4.90 Å². The lowest BCUT2D eigenvalue weighted by Crippen LogP contribution is -2.31. The van der Waals surface area contributed by atoms with Crippen molar-refractivity contribution in [1.29, 1.82) is 0 Å². The molecular formula is C19H25N6S+. The molecule has 0 atom stereocenters. The molecule has 0 saturated heterocycles. The Labute approximate surface area is 158 Å². The van der Waals surface area contributed by atoms with Gasteiger partial charge in [0.05, 0.1) is 19.3 Å². The highest BCUT2D eigenvalue weighted by atomic mass is 32.1. The summed E-state index contributed by atoms with van der Waals surface area (Å²) in [6.07, 6.45) is 6.04. The quantitative estimate of drug-likeness (QED) is 0.460. The summed E-state index contributed by atoms with van der Waals surface area (Å²) in [6.45, 7) is 9.23. The monoisotopic (exact) mass is 369 g/mol. The summed E-state index contributed by atoms with van der Waals surface area (Å²) in [4.78, 5) is 7.70. The molecule has 0 aliphatic carbocycles. The van der Waals surface area contributed by atoms with Crippen molar-refractivity contribution in [2.24, 2.45) is 17.3 Å². The van der Waals surface area contributed by atoms with Crippen LogP contribution in [0.15, 0.2) is 53.1 Å². The van der Waals surface area contributed by atoms with E-state index in [0.29, 0.717) is 5.13 Å². The molecule has 0 spiro atoms. The van der Waals surface area contributed by atoms with Crippen molar-refractivity contribution in [3.8, 4) is 0 Å². The highest BCUT2D eigenvalue weighted by Gasteiger charge is 2.11. The number of nitrogens with zero attached hydrogens (tertiary/aromatic N) is 6. The van der Waals surface area contributed by atoms with Crippen molar-refractivity contribution in [2.75, 3.05) is 18.0 Å². The first-order chi connectivity index (χ1) is 12.6. The third kappa shape index (κ3) is 4.35. The van der Waals surface area contributed by atoms with Gasteiger partial charge in [0.25, 0.3) is 5.82 Å². The summed E-state index contributed by atoms with van der Waals surface area (Å²) >= 11 is 1.54. The lowest BCUT2D eigenvalue weighted by Gasteiger charge is -2.22. The van der Waals surface area contributed by atoms with E-state index < -0.39 is 0 Å². The van der Waals surface area contributed by atoms with Gasteiger partial charge in [-0.1, -0.05) is 11.3 Å². The van der Waals surface area contributed by atoms with Crippen LogP contribution in [0, 0.1) is 13.8 Å². The van der Waals surface area contributed by atoms with Crippen molar-refractivity contribution in [2.45, 2.75) is 27.3 Å². The molecule has 0 unspecified atom stereocenters. The third-order valence-corrected chi connectivity index (χ3v) is 5.26. The van der Waals surface area contributed by atoms with E-state index in [9.17, 15) is 0 Å². The van der Waals surface area contributed by atoms with Crippen molar-refractivity contribution in [3.63, 3.8) is 0 Å². The second-order valence-electron chi connectivity index (χ2n) is 6.20. The van der Waals surface area contributed by atoms with Gasteiger partial charge in [-0.05, 0) is 38.1 Å². The minimum Gasteiger partial charge on any atom is -0.368 e. The lowest BCUT2D eigenvalue weighted by molar-refractivity contribution is -0.677. The van der Waals surface area contributed by atoms with Gasteiger partial charge in [-0.15, -0.1) is 10.2 Å². The predicted octanol–water partition coefficient (Wildman–Crippen LogP) is 4.33. The Kier molecular flexibility index (Phi) is 5.78. The Balaban J connectivity index is 1.63. The van der Waals surface area contributed by atoms with E-state index in [1.807, 2.05) is 25.3 Å². The summed E-state index contributed by atoms with van der Waals surface area (Å²) in [5.74, 6) is 1.26. The number of hydrogen-bond donors (Lipinski definition) is 0. The zero-order chi connectivity index (χ0) is 18.5. The highest BCUT2D eigenvalue weighted by Crippen LogP contribution is 2.24. The number of thiazole rings is 1. The van der Waals surface area contributed by atoms with Crippen LogP contribution in [0.1, 0.15) is 17.6 Å². The molecular weight excluding hydrogens is 344 g/mol. The average Bonchev–Trinajstić information content (AvgIpc) is 3.21. The van der Waals surface area contributed by atoms with Gasteiger partial charge >= 0.3 is 0 Å². The van der Waals surface area contributed by atoms with Crippen LogP contribution in [-0.4, -0.2) is 22.6 Å². The van der Waals surface area contributed by atoms with Gasteiger partial charge in [-0.3, -0.25) is 0 Å². The van der Waals surface area contributed by atoms with E-state index >= 15 is 0 Å². The topological polar surface area (TPSA) is 49.7 Å². The average molecular weight is 370 g/mol. The first-order valence-corrected chi connectivity index (χ1v) is 9.59. The van der Waals surface area contributed by atoms with Gasteiger partial charge in [0.15, 0.2) is 0 Å². The van der Waals surface area contributed by atoms with Crippen LogP contribution in [0.5, 0.6) is 0 Å². The molecule has 6 nitrogen and oxygen atoms in total. The summed E-state index contributed by atoms with van der Waals surface area (Å²) in [7, 11) is 2.07. The predicted molar refractivity (Wildman–Crippen MR) is 106 cm³/mol. The number of likely N-dealkylation sites (N-methyl/N-ethyl adjacent to an activating group) is 1. The minimum absolute atomic E-state index is 0.692. The smallest absolute Gasteiger partial charge is 0.253 e. The summed E-state index contributed by atoms with van der Waals surface area (Å²) in [5.41, 5.74) is 2.04. The molecule has 0 amide bonds. The Morgan fingerprint density at radius 1 is 1.19 bits per heavy atom. The molecule has 0 aliphatic heterocycles. The van der Waals surface area contributed by atoms with Crippen LogP contribution in [0.4, 0.5) is 16.5 Å². The number of aryl methyl sites for hydroxylation is 2. The van der Waals surface area contributed by atoms with E-state index in [0.717, 1.165) is 30.2 Å². The van der Waals surface area contributed by atoms with E-state index in [4.69, 9.17) is 0 Å². The molecule has 3 aromatic rings. The maximum absolute atomic E-state index is 4.27. The molecule has 0 N–H and O–H groups in total. The van der Waals surface area contributed by atoms with Crippen LogP contribution in [-0.2, 0) is 13.6 Å². The van der Waals surface area contributed by atoms with E-state index in [1.54, 1.807) is 11.3 Å². The Bertz CT molecular complexity index is 878. The molecule has 3 rings (SSSR count). The summed E-state index contributed by atoms with van der Waals surface area (Å²) in [6, 6.07) is 8.21. The number of hydrogen-bond acceptors (Lipinski definition) is 5. The molecule has 0 bridgehead atoms. The second-order valence-corrected chi connectivity index (χ2v) is 7.41. The first-order valence-electron chi connectivity index (χ1n) is 8.77. The lowest BCUT2D eigenvalue weighted by atomic mass is 10.2. The Hall–Kier alpha value is -2.54. The zero-order valence-electron chi connectivity index (χ0n) is 15.8. The van der Waals surface area contributed by atoms with Crippen LogP contribution < -0.4 is 9.47 Å². The number of benzene rings is 1. The molecule has 2 aromatic heterocycles. The summed E-state index contributed by atoms with van der Waals surface area (Å²) < 4.78 is 4.42. The largest absolute Gasteiger partial charge is 0.368 e. The maximum Gasteiger partial charge on any atom is 0.253 e. The van der Waals surface area contributed by atoms with E-state index in [2.05, 4.69) is 74.7 Å². The number of anilines is 1. The summed E-state index contributed by atoms with van der Waals surface area (Å²) in [5, 5.41) is 9.16. The van der Waals surface area contributed by atoms with Crippen LogP contribution in [0.3, 0.4) is 0 Å². The minimum atomic E-state index is 0.692. The number of azo groups is 1. The molecule has 2 heterocycles. The van der Waals surface area contributed by atoms with Crippen LogP contribution in [0.2, 0.25) is 0 Å². The van der Waals surface area contributed by atoms with Crippen LogP contribution in [0.25, 0.3) is 0 Å². The molecule has 136 valence electrons. The third-order valence-electron chi connectivity index (χ3n) is 4.46. The first kappa shape index (κ1) is 18.3. The number of rotatable bonds is 7. The Morgan fingerprint density at radius 2 is 1.96 bits per heavy atom. The Morgan fingerprint density at radius 3 is 2.54 bits per heavy atom. The van der Waals surface area contributed by atoms with Crippen molar-refractivity contribution in [1.82, 2.24) is 9.55 Å². The molecule has 0 radical (unpaired) electrons. The highest BCUT2D eigenvalue weighted by molar-refractivity contribution is 7.15. The standard InChI is InChI=1S/C19H25N6S/c1-5-24(12-13-25-11-10-23(4)16(25)3)18-8-6-17(7-9-18)21-22-19-20-14-15(2)26-19/h6-11,14H,5,12-13H2,1-4H3/q+1. The van der Waals surface area contributed by atoms with Gasteiger partial charge in [-0.2, -0.15) is 0 Å². The zero-order valence-corrected chi connectivity index (χ0v) is 16.6. The SMILES string of the molecule is CCN(CCn1cc[n+](C)c1C)c1ccc(N=Nc2ncc(C)s2)cc1. The number of aromatic nitrogens is 3. The molecule has 0 aliphatic rings. The molecule has 0 saturated carbocycles. The molecule has 7 heteroatoms. The molecule has 0 fully saturated rings. The fourth-order valence-corrected chi connectivity index (χ4v) is 3.33. The normalized spacial score (nSPS) is 11.4. The maximum atomic E-state index is 4.27. The van der Waals surface area contributed by atoms with Crippen molar-refractivity contribution in [3.05, 3.63) is 53.6 Å². The van der Waals surface area contributed by atoms with Gasteiger partial charge in [0, 0.05) is 30.2 Å². The van der Waals surface area contributed by atoms with Gasteiger partial charge in [0.2, 0.25) is 5.13 Å². The van der Waals surface area contributed by atoms with E-state index in [1.165, 1.54) is 11.5 Å². The van der Waals surface area contributed by atoms with Gasteiger partial charge in [-0.25, -0.2) is 14.1 Å². The number of imidazole rings is 1. The fourth-order valence-electron chi connectivity index (χ4n) is 2.75. The fraction of sp³-hybridized carbons (Fsp3) is 0.368. The van der Waals surface area contributed by atoms with Crippen LogP contribution >= 0.6 is 11.3 Å². The molecule has 26 heavy (non-hydrogen) atoms. The van der Waals surface area contributed by atoms with E-state index in [-0.39, 0.29) is 0 Å². The van der Waals surface area contributed by atoms with Gasteiger partial charge in [0.1, 0.15) is 18.9 Å². The second kappa shape index (κ2) is 8.23. The van der Waals surface area contributed by atoms with Crippen molar-refractivity contribution < 1.29 is 4.57 Å².